The minimum atomic E-state index is -0.401. The highest BCUT2D eigenvalue weighted by atomic mass is 16.6. The van der Waals surface area contributed by atoms with Crippen molar-refractivity contribution in [3.8, 4) is 0 Å². The maximum absolute atomic E-state index is 11.4. The van der Waals surface area contributed by atoms with E-state index < -0.39 is 4.92 Å². The number of nitro benzene ring substituents is 1. The molecule has 0 heterocycles. The molecule has 0 aromatic heterocycles. The van der Waals surface area contributed by atoms with Crippen molar-refractivity contribution in [2.75, 3.05) is 0 Å². The fourth-order valence-electron chi connectivity index (χ4n) is 2.10. The number of ketones is 1. The predicted molar refractivity (Wildman–Crippen MR) is 63.8 cm³/mol. The molecule has 17 heavy (non-hydrogen) atoms. The van der Waals surface area contributed by atoms with Gasteiger partial charge >= 0.3 is 0 Å². The van der Waals surface area contributed by atoms with E-state index in [1.807, 2.05) is 0 Å². The molecule has 1 aliphatic carbocycles. The molecule has 0 amide bonds. The molecule has 4 nitrogen and oxygen atoms in total. The van der Waals surface area contributed by atoms with Gasteiger partial charge in [-0.1, -0.05) is 12.1 Å². The van der Waals surface area contributed by atoms with Gasteiger partial charge in [0.15, 0.2) is 0 Å². The number of hydrogen-bond acceptors (Lipinski definition) is 3. The molecule has 0 saturated heterocycles. The van der Waals surface area contributed by atoms with Crippen molar-refractivity contribution in [1.29, 1.82) is 0 Å². The Labute approximate surface area is 99.8 Å². The molecule has 0 unspecified atom stereocenters. The molecule has 1 aromatic rings. The maximum Gasteiger partial charge on any atom is 0.269 e. The molecular formula is C13H15NO3. The van der Waals surface area contributed by atoms with Crippen LogP contribution >= 0.6 is 0 Å². The molecule has 90 valence electrons. The zero-order chi connectivity index (χ0) is 12.5. The quantitative estimate of drug-likeness (QED) is 0.580. The van der Waals surface area contributed by atoms with Gasteiger partial charge in [0.2, 0.25) is 0 Å². The van der Waals surface area contributed by atoms with Crippen molar-refractivity contribution in [1.82, 2.24) is 0 Å². The lowest BCUT2D eigenvalue weighted by Crippen LogP contribution is -2.12. The minimum absolute atomic E-state index is 0.0816. The number of carbonyl (C=O) groups is 1. The molecule has 0 N–H and O–H groups in total. The van der Waals surface area contributed by atoms with E-state index in [0.717, 1.165) is 31.2 Å². The second kappa shape index (κ2) is 4.28. The number of carbonyl (C=O) groups excluding carboxylic acids is 1. The smallest absolute Gasteiger partial charge is 0.269 e. The van der Waals surface area contributed by atoms with Gasteiger partial charge in [-0.2, -0.15) is 0 Å². The van der Waals surface area contributed by atoms with Gasteiger partial charge in [-0.15, -0.1) is 0 Å². The van der Waals surface area contributed by atoms with Crippen LogP contribution in [-0.4, -0.2) is 10.7 Å². The largest absolute Gasteiger partial charge is 0.299 e. The maximum atomic E-state index is 11.4. The van der Waals surface area contributed by atoms with Crippen LogP contribution in [0.15, 0.2) is 24.3 Å². The number of Topliss-reactive ketones (excluding diaryl/α,β-unsaturated/α-hetero) is 1. The van der Waals surface area contributed by atoms with Gasteiger partial charge in [0.25, 0.3) is 5.69 Å². The van der Waals surface area contributed by atoms with Crippen LogP contribution in [0.1, 0.15) is 31.7 Å². The fourth-order valence-corrected chi connectivity index (χ4v) is 2.10. The number of non-ortho nitro benzene ring substituents is 1. The summed E-state index contributed by atoms with van der Waals surface area (Å²) >= 11 is 0. The Balaban J connectivity index is 1.96. The molecule has 0 aliphatic heterocycles. The molecule has 1 aliphatic rings. The Hall–Kier alpha value is -1.71. The van der Waals surface area contributed by atoms with Crippen LogP contribution in [-0.2, 0) is 11.2 Å². The minimum Gasteiger partial charge on any atom is -0.299 e. The van der Waals surface area contributed by atoms with Crippen LogP contribution in [0.25, 0.3) is 0 Å². The number of hydrogen-bond donors (Lipinski definition) is 0. The van der Waals surface area contributed by atoms with Gasteiger partial charge in [0.1, 0.15) is 5.78 Å². The Morgan fingerprint density at radius 3 is 2.35 bits per heavy atom. The molecule has 0 bridgehead atoms. The average Bonchev–Trinajstić information content (AvgIpc) is 3.08. The summed E-state index contributed by atoms with van der Waals surface area (Å²) in [6, 6.07) is 6.58. The van der Waals surface area contributed by atoms with Crippen LogP contribution < -0.4 is 0 Å². The Morgan fingerprint density at radius 1 is 1.35 bits per heavy atom. The first-order valence-corrected chi connectivity index (χ1v) is 5.78. The first-order valence-electron chi connectivity index (χ1n) is 5.78. The van der Waals surface area contributed by atoms with Crippen LogP contribution in [0.2, 0.25) is 0 Å². The van der Waals surface area contributed by atoms with Gasteiger partial charge in [0.05, 0.1) is 4.92 Å². The monoisotopic (exact) mass is 233 g/mol. The predicted octanol–water partition coefficient (Wildman–Crippen LogP) is 2.90. The lowest BCUT2D eigenvalue weighted by molar-refractivity contribution is -0.384. The van der Waals surface area contributed by atoms with E-state index in [-0.39, 0.29) is 16.9 Å². The number of nitrogens with zero attached hydrogens (tertiary/aromatic N) is 1. The summed E-state index contributed by atoms with van der Waals surface area (Å²) < 4.78 is 0. The fraction of sp³-hybridized carbons (Fsp3) is 0.462. The normalized spacial score (nSPS) is 16.5. The molecule has 4 heteroatoms. The van der Waals surface area contributed by atoms with E-state index >= 15 is 0 Å². The molecule has 0 spiro atoms. The first-order chi connectivity index (χ1) is 8.03. The second-order valence-corrected chi connectivity index (χ2v) is 4.76. The lowest BCUT2D eigenvalue weighted by Gasteiger charge is -2.10. The third-order valence-electron chi connectivity index (χ3n) is 3.64. The number of aryl methyl sites for hydroxylation is 1. The molecule has 1 saturated carbocycles. The summed E-state index contributed by atoms with van der Waals surface area (Å²) in [6.45, 7) is 1.66. The third kappa shape index (κ3) is 2.52. The van der Waals surface area contributed by atoms with E-state index in [0.29, 0.717) is 0 Å². The van der Waals surface area contributed by atoms with Gasteiger partial charge in [-0.05, 0) is 38.2 Å². The highest BCUT2D eigenvalue weighted by Gasteiger charge is 2.46. The van der Waals surface area contributed by atoms with Crippen LogP contribution in [0.5, 0.6) is 0 Å². The number of rotatable bonds is 5. The van der Waals surface area contributed by atoms with Gasteiger partial charge in [0, 0.05) is 17.5 Å². The molecule has 0 radical (unpaired) electrons. The van der Waals surface area contributed by atoms with Crippen molar-refractivity contribution < 1.29 is 9.72 Å². The summed E-state index contributed by atoms with van der Waals surface area (Å²) in [4.78, 5) is 21.5. The summed E-state index contributed by atoms with van der Waals surface area (Å²) in [7, 11) is 0. The van der Waals surface area contributed by atoms with Crippen molar-refractivity contribution >= 4 is 11.5 Å². The SMILES string of the molecule is CC(=O)C1(CCc2ccc([N+](=O)[O-])cc2)CC1. The zero-order valence-corrected chi connectivity index (χ0v) is 9.81. The van der Waals surface area contributed by atoms with Crippen molar-refractivity contribution in [3.05, 3.63) is 39.9 Å². The summed E-state index contributed by atoms with van der Waals surface area (Å²) in [6.07, 6.45) is 3.67. The van der Waals surface area contributed by atoms with Gasteiger partial charge in [-0.25, -0.2) is 0 Å². The van der Waals surface area contributed by atoms with Gasteiger partial charge in [-0.3, -0.25) is 14.9 Å². The molecule has 1 aromatic carbocycles. The topological polar surface area (TPSA) is 60.2 Å². The Bertz CT molecular complexity index is 446. The van der Waals surface area contributed by atoms with Crippen LogP contribution in [0.4, 0.5) is 5.69 Å². The van der Waals surface area contributed by atoms with E-state index in [1.54, 1.807) is 19.1 Å². The van der Waals surface area contributed by atoms with Crippen molar-refractivity contribution in [3.63, 3.8) is 0 Å². The highest BCUT2D eigenvalue weighted by molar-refractivity contribution is 5.84. The summed E-state index contributed by atoms with van der Waals surface area (Å²) in [5.74, 6) is 0.277. The number of benzene rings is 1. The van der Waals surface area contributed by atoms with E-state index in [2.05, 4.69) is 0 Å². The summed E-state index contributed by atoms with van der Waals surface area (Å²) in [5, 5.41) is 10.5. The van der Waals surface area contributed by atoms with E-state index in [4.69, 9.17) is 0 Å². The standard InChI is InChI=1S/C13H15NO3/c1-10(15)13(8-9-13)7-6-11-2-4-12(5-3-11)14(16)17/h2-5H,6-9H2,1H3. The molecule has 0 atom stereocenters. The Morgan fingerprint density at radius 2 is 1.94 bits per heavy atom. The average molecular weight is 233 g/mol. The summed E-state index contributed by atoms with van der Waals surface area (Å²) in [5.41, 5.74) is 1.09. The zero-order valence-electron chi connectivity index (χ0n) is 9.81. The Kier molecular flexibility index (Phi) is 2.96. The van der Waals surface area contributed by atoms with E-state index in [9.17, 15) is 14.9 Å². The first kappa shape index (κ1) is 11.8. The van der Waals surface area contributed by atoms with Crippen molar-refractivity contribution in [2.45, 2.75) is 32.6 Å². The van der Waals surface area contributed by atoms with Crippen LogP contribution in [0, 0.1) is 15.5 Å². The van der Waals surface area contributed by atoms with E-state index in [1.165, 1.54) is 12.1 Å². The third-order valence-corrected chi connectivity index (χ3v) is 3.64. The number of nitro groups is 1. The molecular weight excluding hydrogens is 218 g/mol. The molecule has 2 rings (SSSR count). The van der Waals surface area contributed by atoms with Gasteiger partial charge < -0.3 is 0 Å². The second-order valence-electron chi connectivity index (χ2n) is 4.76. The van der Waals surface area contributed by atoms with Crippen molar-refractivity contribution in [2.24, 2.45) is 5.41 Å². The van der Waals surface area contributed by atoms with Crippen LogP contribution in [0.3, 0.4) is 0 Å². The highest BCUT2D eigenvalue weighted by Crippen LogP contribution is 2.50. The molecule has 1 fully saturated rings. The lowest BCUT2D eigenvalue weighted by atomic mass is 9.93.